The van der Waals surface area contributed by atoms with Gasteiger partial charge in [0.25, 0.3) is 5.91 Å². The number of hydrogen-bond donors (Lipinski definition) is 2. The molecule has 0 radical (unpaired) electrons. The average molecular weight is 312 g/mol. The summed E-state index contributed by atoms with van der Waals surface area (Å²) in [4.78, 5) is 11.8. The van der Waals surface area contributed by atoms with Crippen LogP contribution in [0.5, 0.6) is 5.75 Å². The van der Waals surface area contributed by atoms with E-state index in [0.29, 0.717) is 23.2 Å². The van der Waals surface area contributed by atoms with Gasteiger partial charge in [-0.2, -0.15) is 0 Å². The minimum atomic E-state index is -0.761. The van der Waals surface area contributed by atoms with Crippen molar-refractivity contribution in [2.24, 2.45) is 5.92 Å². The van der Waals surface area contributed by atoms with Gasteiger partial charge in [-0.15, -0.1) is 0 Å². The van der Waals surface area contributed by atoms with E-state index in [-0.39, 0.29) is 12.5 Å². The van der Waals surface area contributed by atoms with Crippen LogP contribution in [0.2, 0.25) is 5.02 Å². The van der Waals surface area contributed by atoms with Crippen LogP contribution in [0.15, 0.2) is 24.3 Å². The molecule has 5 heteroatoms. The van der Waals surface area contributed by atoms with E-state index < -0.39 is 5.60 Å². The number of benzene rings is 1. The molecule has 1 saturated carbocycles. The Morgan fingerprint density at radius 2 is 2.00 bits per heavy atom. The summed E-state index contributed by atoms with van der Waals surface area (Å²) in [6.45, 7) is 2.43. The molecule has 0 bridgehead atoms. The molecule has 0 aromatic heterocycles. The van der Waals surface area contributed by atoms with Crippen LogP contribution >= 0.6 is 11.6 Å². The Morgan fingerprint density at radius 1 is 1.38 bits per heavy atom. The average Bonchev–Trinajstić information content (AvgIpc) is 2.48. The summed E-state index contributed by atoms with van der Waals surface area (Å²) >= 11 is 5.77. The van der Waals surface area contributed by atoms with Crippen molar-refractivity contribution in [3.8, 4) is 5.75 Å². The fourth-order valence-electron chi connectivity index (χ4n) is 2.47. The van der Waals surface area contributed by atoms with Gasteiger partial charge in [-0.3, -0.25) is 4.79 Å². The number of carbonyl (C=O) groups excluding carboxylic acids is 1. The lowest BCUT2D eigenvalue weighted by atomic mass is 9.79. The summed E-state index contributed by atoms with van der Waals surface area (Å²) in [6.07, 6.45) is 3.50. The number of carbonyl (C=O) groups is 1. The van der Waals surface area contributed by atoms with Crippen molar-refractivity contribution >= 4 is 17.5 Å². The van der Waals surface area contributed by atoms with Gasteiger partial charge in [-0.25, -0.2) is 0 Å². The molecule has 0 heterocycles. The number of aliphatic hydroxyl groups is 1. The predicted octanol–water partition coefficient (Wildman–Crippen LogP) is 2.78. The Hall–Kier alpha value is -1.26. The summed E-state index contributed by atoms with van der Waals surface area (Å²) in [5.41, 5.74) is -0.761. The molecule has 0 spiro atoms. The minimum absolute atomic E-state index is 0.0614. The maximum Gasteiger partial charge on any atom is 0.258 e. The van der Waals surface area contributed by atoms with Crippen molar-refractivity contribution in [2.45, 2.75) is 38.2 Å². The molecule has 116 valence electrons. The third-order valence-electron chi connectivity index (χ3n) is 4.00. The van der Waals surface area contributed by atoms with Crippen LogP contribution in [-0.4, -0.2) is 29.8 Å². The highest BCUT2D eigenvalue weighted by molar-refractivity contribution is 6.30. The molecule has 2 N–H and O–H groups in total. The molecule has 1 aliphatic rings. The first kappa shape index (κ1) is 16.1. The number of amides is 1. The van der Waals surface area contributed by atoms with Gasteiger partial charge < -0.3 is 15.2 Å². The summed E-state index contributed by atoms with van der Waals surface area (Å²) < 4.78 is 5.36. The van der Waals surface area contributed by atoms with E-state index >= 15 is 0 Å². The van der Waals surface area contributed by atoms with Gasteiger partial charge in [0, 0.05) is 11.6 Å². The molecule has 0 atom stereocenters. The van der Waals surface area contributed by atoms with E-state index in [1.165, 1.54) is 0 Å². The van der Waals surface area contributed by atoms with Crippen molar-refractivity contribution in [1.29, 1.82) is 0 Å². The topological polar surface area (TPSA) is 58.6 Å². The van der Waals surface area contributed by atoms with Gasteiger partial charge in [-0.1, -0.05) is 18.5 Å². The molecule has 1 amide bonds. The van der Waals surface area contributed by atoms with Crippen LogP contribution < -0.4 is 10.1 Å². The highest BCUT2D eigenvalue weighted by atomic mass is 35.5. The molecule has 0 unspecified atom stereocenters. The smallest absolute Gasteiger partial charge is 0.258 e. The number of hydrogen-bond acceptors (Lipinski definition) is 3. The van der Waals surface area contributed by atoms with Crippen molar-refractivity contribution in [2.75, 3.05) is 13.2 Å². The molecule has 1 aliphatic carbocycles. The first-order valence-corrected chi connectivity index (χ1v) is 7.72. The standard InChI is InChI=1S/C16H22ClNO3/c1-12-6-8-16(20,9-7-12)11-18-15(19)10-21-14-4-2-13(17)3-5-14/h2-5,12,20H,6-11H2,1H3,(H,18,19). The highest BCUT2D eigenvalue weighted by Crippen LogP contribution is 2.31. The molecular formula is C16H22ClNO3. The first-order chi connectivity index (χ1) is 9.97. The molecule has 1 aromatic carbocycles. The number of ether oxygens (including phenoxy) is 1. The predicted molar refractivity (Wildman–Crippen MR) is 82.5 cm³/mol. The number of nitrogens with one attached hydrogen (secondary N) is 1. The fourth-order valence-corrected chi connectivity index (χ4v) is 2.60. The maximum absolute atomic E-state index is 11.8. The van der Waals surface area contributed by atoms with Crippen LogP contribution in [0.3, 0.4) is 0 Å². The van der Waals surface area contributed by atoms with Crippen molar-refractivity contribution in [3.05, 3.63) is 29.3 Å². The Balaban J connectivity index is 1.71. The molecule has 0 saturated heterocycles. The van der Waals surface area contributed by atoms with Crippen LogP contribution in [0.1, 0.15) is 32.6 Å². The summed E-state index contributed by atoms with van der Waals surface area (Å²) in [5, 5.41) is 13.8. The lowest BCUT2D eigenvalue weighted by Gasteiger charge is -2.34. The third-order valence-corrected chi connectivity index (χ3v) is 4.26. The molecule has 4 nitrogen and oxygen atoms in total. The van der Waals surface area contributed by atoms with Crippen molar-refractivity contribution in [1.82, 2.24) is 5.32 Å². The fraction of sp³-hybridized carbons (Fsp3) is 0.562. The lowest BCUT2D eigenvalue weighted by molar-refractivity contribution is -0.124. The second-order valence-electron chi connectivity index (χ2n) is 5.93. The van der Waals surface area contributed by atoms with E-state index in [4.69, 9.17) is 16.3 Å². The first-order valence-electron chi connectivity index (χ1n) is 7.34. The van der Waals surface area contributed by atoms with Gasteiger partial charge in [0.2, 0.25) is 0 Å². The van der Waals surface area contributed by atoms with E-state index in [1.54, 1.807) is 24.3 Å². The maximum atomic E-state index is 11.8. The summed E-state index contributed by atoms with van der Waals surface area (Å²) in [7, 11) is 0. The molecule has 21 heavy (non-hydrogen) atoms. The monoisotopic (exact) mass is 311 g/mol. The third kappa shape index (κ3) is 5.21. The van der Waals surface area contributed by atoms with Crippen molar-refractivity contribution in [3.63, 3.8) is 0 Å². The summed E-state index contributed by atoms with van der Waals surface area (Å²) in [5.74, 6) is 1.03. The second kappa shape index (κ2) is 7.14. The number of rotatable bonds is 5. The van der Waals surface area contributed by atoms with Crippen LogP contribution in [-0.2, 0) is 4.79 Å². The molecule has 0 aliphatic heterocycles. The Kier molecular flexibility index (Phi) is 5.48. The van der Waals surface area contributed by atoms with E-state index in [2.05, 4.69) is 12.2 Å². The van der Waals surface area contributed by atoms with Gasteiger partial charge in [0.05, 0.1) is 5.60 Å². The van der Waals surface area contributed by atoms with Gasteiger partial charge in [-0.05, 0) is 55.9 Å². The molecule has 2 rings (SSSR count). The van der Waals surface area contributed by atoms with Crippen LogP contribution in [0, 0.1) is 5.92 Å². The SMILES string of the molecule is CC1CCC(O)(CNC(=O)COc2ccc(Cl)cc2)CC1. The summed E-state index contributed by atoms with van der Waals surface area (Å²) in [6, 6.07) is 6.85. The molecule has 1 fully saturated rings. The largest absolute Gasteiger partial charge is 0.484 e. The molecule has 1 aromatic rings. The molecular weight excluding hydrogens is 290 g/mol. The minimum Gasteiger partial charge on any atom is -0.484 e. The quantitative estimate of drug-likeness (QED) is 0.879. The van der Waals surface area contributed by atoms with E-state index in [1.807, 2.05) is 0 Å². The zero-order chi connectivity index (χ0) is 15.3. The zero-order valence-corrected chi connectivity index (χ0v) is 13.0. The second-order valence-corrected chi connectivity index (χ2v) is 6.36. The Labute approximate surface area is 130 Å². The Bertz CT molecular complexity index is 467. The highest BCUT2D eigenvalue weighted by Gasteiger charge is 2.31. The number of halogens is 1. The Morgan fingerprint density at radius 3 is 2.62 bits per heavy atom. The van der Waals surface area contributed by atoms with Gasteiger partial charge >= 0.3 is 0 Å². The zero-order valence-electron chi connectivity index (χ0n) is 12.3. The van der Waals surface area contributed by atoms with Crippen molar-refractivity contribution < 1.29 is 14.6 Å². The normalized spacial score (nSPS) is 25.4. The van der Waals surface area contributed by atoms with E-state index in [0.717, 1.165) is 25.7 Å². The van der Waals surface area contributed by atoms with Gasteiger partial charge in [0.15, 0.2) is 6.61 Å². The van der Waals surface area contributed by atoms with Crippen LogP contribution in [0.4, 0.5) is 0 Å². The van der Waals surface area contributed by atoms with E-state index in [9.17, 15) is 9.90 Å². The van der Waals surface area contributed by atoms with Gasteiger partial charge in [0.1, 0.15) is 5.75 Å². The van der Waals surface area contributed by atoms with Crippen LogP contribution in [0.25, 0.3) is 0 Å². The lowest BCUT2D eigenvalue weighted by Crippen LogP contribution is -2.46.